The van der Waals surface area contributed by atoms with Gasteiger partial charge in [-0.05, 0) is 35.0 Å². The molecule has 0 saturated heterocycles. The van der Waals surface area contributed by atoms with Crippen LogP contribution in [0.4, 0.5) is 4.39 Å². The molecular weight excluding hydrogens is 281 g/mol. The lowest BCUT2D eigenvalue weighted by atomic mass is 10.1. The number of halogens is 2. The van der Waals surface area contributed by atoms with E-state index in [1.165, 1.54) is 12.3 Å². The molecule has 1 rings (SSSR count). The number of carbonyl (C=O) groups excluding carboxylic acids is 1. The number of nitrogens with zero attached hydrogens (tertiary/aromatic N) is 1. The molecule has 0 fully saturated rings. The molecule has 0 aliphatic rings. The zero-order valence-corrected chi connectivity index (χ0v) is 10.1. The summed E-state index contributed by atoms with van der Waals surface area (Å²) in [5.41, 5.74) is 0.0868. The molecule has 0 aromatic carbocycles. The Morgan fingerprint density at radius 3 is 2.88 bits per heavy atom. The molecule has 0 unspecified atom stereocenters. The van der Waals surface area contributed by atoms with Gasteiger partial charge in [0.1, 0.15) is 6.10 Å². The van der Waals surface area contributed by atoms with E-state index in [0.717, 1.165) is 0 Å². The Labute approximate surface area is 101 Å². The highest BCUT2D eigenvalue weighted by Gasteiger charge is 2.29. The van der Waals surface area contributed by atoms with Crippen molar-refractivity contribution in [2.75, 3.05) is 6.61 Å². The van der Waals surface area contributed by atoms with Crippen molar-refractivity contribution >= 4 is 21.9 Å². The highest BCUT2D eigenvalue weighted by Crippen LogP contribution is 2.19. The highest BCUT2D eigenvalue weighted by molar-refractivity contribution is 9.10. The van der Waals surface area contributed by atoms with E-state index in [1.54, 1.807) is 13.0 Å². The molecule has 1 aromatic heterocycles. The molecule has 0 aliphatic carbocycles. The molecular formula is C10H11BrFNO3. The summed E-state index contributed by atoms with van der Waals surface area (Å²) in [7, 11) is 0. The van der Waals surface area contributed by atoms with E-state index in [9.17, 15) is 14.3 Å². The first-order valence-electron chi connectivity index (χ1n) is 4.66. The van der Waals surface area contributed by atoms with Crippen molar-refractivity contribution in [3.63, 3.8) is 0 Å². The third kappa shape index (κ3) is 3.24. The van der Waals surface area contributed by atoms with Gasteiger partial charge in [-0.1, -0.05) is 0 Å². The molecule has 0 radical (unpaired) electrons. The van der Waals surface area contributed by atoms with Gasteiger partial charge >= 0.3 is 5.97 Å². The van der Waals surface area contributed by atoms with Crippen LogP contribution < -0.4 is 0 Å². The van der Waals surface area contributed by atoms with Gasteiger partial charge in [-0.2, -0.15) is 0 Å². The average Bonchev–Trinajstić information content (AvgIpc) is 2.28. The number of aromatic nitrogens is 1. The van der Waals surface area contributed by atoms with Crippen LogP contribution in [-0.4, -0.2) is 28.8 Å². The summed E-state index contributed by atoms with van der Waals surface area (Å²) in [6, 6.07) is 3.03. The van der Waals surface area contributed by atoms with Gasteiger partial charge in [0.25, 0.3) is 0 Å². The van der Waals surface area contributed by atoms with Crippen LogP contribution in [0.5, 0.6) is 0 Å². The third-order valence-electron chi connectivity index (χ3n) is 1.84. The van der Waals surface area contributed by atoms with Gasteiger partial charge in [-0.3, -0.25) is 4.98 Å². The molecule has 88 valence electrons. The Morgan fingerprint density at radius 1 is 1.69 bits per heavy atom. The summed E-state index contributed by atoms with van der Waals surface area (Å²) in [6.45, 7) is 1.63. The fraction of sp³-hybridized carbons (Fsp3) is 0.400. The molecule has 0 saturated carbocycles. The molecule has 0 spiro atoms. The molecule has 1 aromatic rings. The summed E-state index contributed by atoms with van der Waals surface area (Å²) < 4.78 is 18.5. The number of rotatable bonds is 4. The van der Waals surface area contributed by atoms with Crippen LogP contribution in [0, 0.1) is 0 Å². The maximum absolute atomic E-state index is 13.4. The smallest absolute Gasteiger partial charge is 0.343 e. The minimum atomic E-state index is -2.12. The lowest BCUT2D eigenvalue weighted by molar-refractivity contribution is -0.153. The largest absolute Gasteiger partial charge is 0.464 e. The molecule has 4 nitrogen and oxygen atoms in total. The maximum Gasteiger partial charge on any atom is 0.343 e. The minimum absolute atomic E-state index is 0.0692. The van der Waals surface area contributed by atoms with E-state index < -0.39 is 18.2 Å². The lowest BCUT2D eigenvalue weighted by Gasteiger charge is -2.13. The highest BCUT2D eigenvalue weighted by atomic mass is 79.9. The summed E-state index contributed by atoms with van der Waals surface area (Å²) in [6.07, 6.45) is -2.31. The number of aliphatic hydroxyl groups excluding tert-OH is 1. The van der Waals surface area contributed by atoms with Gasteiger partial charge in [0.05, 0.1) is 12.3 Å². The van der Waals surface area contributed by atoms with E-state index in [0.29, 0.717) is 4.47 Å². The summed E-state index contributed by atoms with van der Waals surface area (Å²) >= 11 is 3.16. The van der Waals surface area contributed by atoms with Gasteiger partial charge < -0.3 is 9.84 Å². The topological polar surface area (TPSA) is 59.4 Å². The van der Waals surface area contributed by atoms with Crippen molar-refractivity contribution < 1.29 is 19.0 Å². The fourth-order valence-corrected chi connectivity index (χ4v) is 1.30. The Morgan fingerprint density at radius 2 is 2.38 bits per heavy atom. The van der Waals surface area contributed by atoms with Crippen molar-refractivity contribution in [2.24, 2.45) is 0 Å². The standard InChI is InChI=1S/C10H11BrFNO3/c1-2-16-10(15)8(12)9(14)7-4-3-6(11)5-13-7/h3-5,8-9,14H,2H2,1H3/t8-,9+/m1/s1. The van der Waals surface area contributed by atoms with Gasteiger partial charge in [-0.25, -0.2) is 9.18 Å². The minimum Gasteiger partial charge on any atom is -0.464 e. The number of pyridine rings is 1. The predicted molar refractivity (Wildman–Crippen MR) is 58.4 cm³/mol. The second-order valence-electron chi connectivity index (χ2n) is 3.00. The molecule has 0 aliphatic heterocycles. The second-order valence-corrected chi connectivity index (χ2v) is 3.92. The zero-order valence-electron chi connectivity index (χ0n) is 8.56. The summed E-state index contributed by atoms with van der Waals surface area (Å²) in [4.78, 5) is 14.8. The fourth-order valence-electron chi connectivity index (χ4n) is 1.06. The maximum atomic E-state index is 13.4. The quantitative estimate of drug-likeness (QED) is 0.859. The molecule has 1 N–H and O–H groups in total. The van der Waals surface area contributed by atoms with Gasteiger partial charge in [0, 0.05) is 10.7 Å². The van der Waals surface area contributed by atoms with Gasteiger partial charge in [-0.15, -0.1) is 0 Å². The zero-order chi connectivity index (χ0) is 12.1. The van der Waals surface area contributed by atoms with Crippen LogP contribution in [-0.2, 0) is 9.53 Å². The molecule has 0 amide bonds. The van der Waals surface area contributed by atoms with Crippen molar-refractivity contribution in [3.05, 3.63) is 28.5 Å². The van der Waals surface area contributed by atoms with E-state index in [4.69, 9.17) is 0 Å². The van der Waals surface area contributed by atoms with E-state index in [2.05, 4.69) is 25.7 Å². The number of aliphatic hydroxyl groups is 1. The number of esters is 1. The monoisotopic (exact) mass is 291 g/mol. The van der Waals surface area contributed by atoms with Crippen LogP contribution in [0.25, 0.3) is 0 Å². The summed E-state index contributed by atoms with van der Waals surface area (Å²) in [5, 5.41) is 9.52. The number of alkyl halides is 1. The number of hydrogen-bond acceptors (Lipinski definition) is 4. The van der Waals surface area contributed by atoms with Crippen LogP contribution in [0.15, 0.2) is 22.8 Å². The van der Waals surface area contributed by atoms with Crippen molar-refractivity contribution in [1.29, 1.82) is 0 Å². The predicted octanol–water partition coefficient (Wildman–Crippen LogP) is 1.78. The molecule has 2 atom stereocenters. The van der Waals surface area contributed by atoms with Crippen LogP contribution in [0.1, 0.15) is 18.7 Å². The Bertz CT molecular complexity index is 358. The summed E-state index contributed by atoms with van der Waals surface area (Å²) in [5.74, 6) is -1.08. The number of carbonyl (C=O) groups is 1. The Kier molecular flexibility index (Phi) is 4.82. The number of ether oxygens (including phenoxy) is 1. The molecule has 0 bridgehead atoms. The molecule has 16 heavy (non-hydrogen) atoms. The molecule has 6 heteroatoms. The normalized spacial score (nSPS) is 14.2. The molecule has 1 heterocycles. The van der Waals surface area contributed by atoms with E-state index in [1.807, 2.05) is 0 Å². The lowest BCUT2D eigenvalue weighted by Crippen LogP contribution is -2.26. The van der Waals surface area contributed by atoms with Gasteiger partial charge in [0.2, 0.25) is 6.17 Å². The van der Waals surface area contributed by atoms with Gasteiger partial charge in [0.15, 0.2) is 0 Å². The van der Waals surface area contributed by atoms with Crippen molar-refractivity contribution in [1.82, 2.24) is 4.98 Å². The van der Waals surface area contributed by atoms with E-state index in [-0.39, 0.29) is 12.3 Å². The third-order valence-corrected chi connectivity index (χ3v) is 2.31. The first kappa shape index (κ1) is 13.1. The van der Waals surface area contributed by atoms with Crippen LogP contribution in [0.2, 0.25) is 0 Å². The second kappa shape index (κ2) is 5.91. The Balaban J connectivity index is 2.73. The van der Waals surface area contributed by atoms with Crippen molar-refractivity contribution in [3.8, 4) is 0 Å². The first-order valence-corrected chi connectivity index (χ1v) is 5.45. The van der Waals surface area contributed by atoms with Crippen LogP contribution in [0.3, 0.4) is 0 Å². The van der Waals surface area contributed by atoms with Crippen LogP contribution >= 0.6 is 15.9 Å². The Hall–Kier alpha value is -1.01. The van der Waals surface area contributed by atoms with E-state index >= 15 is 0 Å². The van der Waals surface area contributed by atoms with Crippen molar-refractivity contribution in [2.45, 2.75) is 19.2 Å². The number of hydrogen-bond donors (Lipinski definition) is 1. The average molecular weight is 292 g/mol. The SMILES string of the molecule is CCOC(=O)[C@H](F)[C@@H](O)c1ccc(Br)cn1. The first-order chi connectivity index (χ1) is 7.56.